The molecule has 2 aromatic carbocycles. The van der Waals surface area contributed by atoms with Crippen molar-refractivity contribution in [3.05, 3.63) is 71.0 Å². The summed E-state index contributed by atoms with van der Waals surface area (Å²) in [5.74, 6) is 0.945. The fourth-order valence-electron chi connectivity index (χ4n) is 3.04. The van der Waals surface area contributed by atoms with Gasteiger partial charge in [-0.15, -0.1) is 0 Å². The van der Waals surface area contributed by atoms with E-state index in [1.807, 2.05) is 43.3 Å². The first-order valence-electron chi connectivity index (χ1n) is 9.23. The first kappa shape index (κ1) is 20.1. The van der Waals surface area contributed by atoms with E-state index in [4.69, 9.17) is 9.47 Å². The van der Waals surface area contributed by atoms with Gasteiger partial charge in [-0.05, 0) is 43.3 Å². The Morgan fingerprint density at radius 3 is 2.38 bits per heavy atom. The highest BCUT2D eigenvalue weighted by Crippen LogP contribution is 2.31. The second kappa shape index (κ2) is 9.05. The molecular weight excluding hydrogens is 370 g/mol. The van der Waals surface area contributed by atoms with Gasteiger partial charge in [-0.1, -0.05) is 18.2 Å². The molecule has 0 saturated carbocycles. The molecule has 7 nitrogen and oxygen atoms in total. The number of hydrogen-bond donors (Lipinski definition) is 0. The highest BCUT2D eigenvalue weighted by Gasteiger charge is 2.16. The summed E-state index contributed by atoms with van der Waals surface area (Å²) >= 11 is 0. The number of methoxy groups -OCH3 is 2. The van der Waals surface area contributed by atoms with E-state index in [0.717, 1.165) is 11.3 Å². The second-order valence-corrected chi connectivity index (χ2v) is 6.26. The quantitative estimate of drug-likeness (QED) is 0.617. The van der Waals surface area contributed by atoms with Crippen LogP contribution in [0.4, 0.5) is 5.69 Å². The number of amides is 1. The number of hydrogen-bond acceptors (Lipinski definition) is 5. The SMILES string of the molecule is CCN(C(=O)Cn1nc(-c2ccc(OC)c(OC)c2)ccc1=O)c1ccccc1. The number of ether oxygens (including phenoxy) is 2. The van der Waals surface area contributed by atoms with E-state index < -0.39 is 0 Å². The lowest BCUT2D eigenvalue weighted by Gasteiger charge is -2.21. The summed E-state index contributed by atoms with van der Waals surface area (Å²) in [6.45, 7) is 2.23. The zero-order chi connectivity index (χ0) is 20.8. The van der Waals surface area contributed by atoms with Crippen LogP contribution in [0.25, 0.3) is 11.3 Å². The summed E-state index contributed by atoms with van der Waals surface area (Å²) in [6, 6.07) is 17.7. The van der Waals surface area contributed by atoms with Crippen molar-refractivity contribution in [3.8, 4) is 22.8 Å². The lowest BCUT2D eigenvalue weighted by atomic mass is 10.1. The average Bonchev–Trinajstić information content (AvgIpc) is 2.76. The average molecular weight is 393 g/mol. The van der Waals surface area contributed by atoms with Gasteiger partial charge < -0.3 is 14.4 Å². The molecule has 0 aliphatic rings. The van der Waals surface area contributed by atoms with E-state index in [0.29, 0.717) is 23.7 Å². The Labute approximate surface area is 169 Å². The van der Waals surface area contributed by atoms with Gasteiger partial charge in [0.25, 0.3) is 5.56 Å². The Morgan fingerprint density at radius 1 is 1.00 bits per heavy atom. The van der Waals surface area contributed by atoms with Crippen molar-refractivity contribution in [2.75, 3.05) is 25.7 Å². The highest BCUT2D eigenvalue weighted by molar-refractivity contribution is 5.93. The fourth-order valence-corrected chi connectivity index (χ4v) is 3.04. The van der Waals surface area contributed by atoms with Gasteiger partial charge in [-0.25, -0.2) is 4.68 Å². The van der Waals surface area contributed by atoms with Crippen LogP contribution in [0.1, 0.15) is 6.92 Å². The van der Waals surface area contributed by atoms with Crippen molar-refractivity contribution in [1.29, 1.82) is 0 Å². The predicted octanol–water partition coefficient (Wildman–Crippen LogP) is 2.98. The van der Waals surface area contributed by atoms with Gasteiger partial charge in [-0.3, -0.25) is 9.59 Å². The van der Waals surface area contributed by atoms with Crippen LogP contribution >= 0.6 is 0 Å². The molecule has 0 fully saturated rings. The highest BCUT2D eigenvalue weighted by atomic mass is 16.5. The maximum atomic E-state index is 12.8. The Kier molecular flexibility index (Phi) is 6.29. The molecule has 0 N–H and O–H groups in total. The van der Waals surface area contributed by atoms with Crippen LogP contribution in [0.2, 0.25) is 0 Å². The number of anilines is 1. The topological polar surface area (TPSA) is 73.7 Å². The number of aromatic nitrogens is 2. The largest absolute Gasteiger partial charge is 0.493 e. The molecule has 1 amide bonds. The first-order chi connectivity index (χ1) is 14.1. The number of carbonyl (C=O) groups excluding carboxylic acids is 1. The molecule has 0 aliphatic heterocycles. The van der Waals surface area contributed by atoms with Crippen molar-refractivity contribution in [2.45, 2.75) is 13.5 Å². The van der Waals surface area contributed by atoms with Crippen LogP contribution in [0.5, 0.6) is 11.5 Å². The van der Waals surface area contributed by atoms with E-state index in [2.05, 4.69) is 5.10 Å². The number of nitrogens with zero attached hydrogens (tertiary/aromatic N) is 3. The smallest absolute Gasteiger partial charge is 0.267 e. The maximum Gasteiger partial charge on any atom is 0.267 e. The standard InChI is InChI=1S/C22H23N3O4/c1-4-24(17-8-6-5-7-9-17)22(27)15-25-21(26)13-11-18(23-25)16-10-12-19(28-2)20(14-16)29-3/h5-14H,4,15H2,1-3H3. The lowest BCUT2D eigenvalue weighted by molar-refractivity contribution is -0.119. The molecule has 7 heteroatoms. The normalized spacial score (nSPS) is 10.4. The molecule has 0 unspecified atom stereocenters. The minimum Gasteiger partial charge on any atom is -0.493 e. The van der Waals surface area contributed by atoms with E-state index in [-0.39, 0.29) is 18.0 Å². The molecule has 150 valence electrons. The summed E-state index contributed by atoms with van der Waals surface area (Å²) in [5, 5.41) is 4.38. The van der Waals surface area contributed by atoms with Gasteiger partial charge in [0, 0.05) is 23.9 Å². The summed E-state index contributed by atoms with van der Waals surface area (Å²) in [7, 11) is 3.12. The second-order valence-electron chi connectivity index (χ2n) is 6.26. The van der Waals surface area contributed by atoms with Crippen molar-refractivity contribution >= 4 is 11.6 Å². The summed E-state index contributed by atoms with van der Waals surface area (Å²) < 4.78 is 11.8. The van der Waals surface area contributed by atoms with Crippen molar-refractivity contribution in [3.63, 3.8) is 0 Å². The molecule has 0 aliphatic carbocycles. The summed E-state index contributed by atoms with van der Waals surface area (Å²) in [4.78, 5) is 26.7. The Hall–Kier alpha value is -3.61. The molecule has 1 heterocycles. The first-order valence-corrected chi connectivity index (χ1v) is 9.23. The number of rotatable bonds is 7. The zero-order valence-electron chi connectivity index (χ0n) is 16.7. The Balaban J connectivity index is 1.90. The van der Waals surface area contributed by atoms with Crippen LogP contribution in [-0.4, -0.2) is 36.5 Å². The van der Waals surface area contributed by atoms with Crippen molar-refractivity contribution in [2.24, 2.45) is 0 Å². The van der Waals surface area contributed by atoms with Gasteiger partial charge in [0.05, 0.1) is 19.9 Å². The number of likely N-dealkylation sites (N-methyl/N-ethyl adjacent to an activating group) is 1. The van der Waals surface area contributed by atoms with E-state index in [1.54, 1.807) is 37.3 Å². The third kappa shape index (κ3) is 4.45. The maximum absolute atomic E-state index is 12.8. The molecule has 0 saturated heterocycles. The van der Waals surface area contributed by atoms with Crippen LogP contribution in [0, 0.1) is 0 Å². The predicted molar refractivity (Wildman–Crippen MR) is 112 cm³/mol. The third-order valence-electron chi connectivity index (χ3n) is 4.52. The molecular formula is C22H23N3O4. The van der Waals surface area contributed by atoms with E-state index in [9.17, 15) is 9.59 Å². The van der Waals surface area contributed by atoms with Gasteiger partial charge in [0.1, 0.15) is 6.54 Å². The molecule has 3 aromatic rings. The van der Waals surface area contributed by atoms with Crippen molar-refractivity contribution < 1.29 is 14.3 Å². The Morgan fingerprint density at radius 2 is 1.72 bits per heavy atom. The monoisotopic (exact) mass is 393 g/mol. The minimum absolute atomic E-state index is 0.150. The molecule has 0 bridgehead atoms. The van der Waals surface area contributed by atoms with Gasteiger partial charge in [0.2, 0.25) is 5.91 Å². The summed E-state index contributed by atoms with van der Waals surface area (Å²) in [5.41, 5.74) is 1.75. The van der Waals surface area contributed by atoms with E-state index >= 15 is 0 Å². The van der Waals surface area contributed by atoms with Gasteiger partial charge >= 0.3 is 0 Å². The molecule has 0 atom stereocenters. The number of carbonyl (C=O) groups is 1. The lowest BCUT2D eigenvalue weighted by Crippen LogP contribution is -2.37. The zero-order valence-corrected chi connectivity index (χ0v) is 16.7. The van der Waals surface area contributed by atoms with Gasteiger partial charge in [-0.2, -0.15) is 5.10 Å². The van der Waals surface area contributed by atoms with E-state index in [1.165, 1.54) is 10.7 Å². The van der Waals surface area contributed by atoms with Crippen molar-refractivity contribution in [1.82, 2.24) is 9.78 Å². The fraction of sp³-hybridized carbons (Fsp3) is 0.227. The van der Waals surface area contributed by atoms with Crippen LogP contribution < -0.4 is 19.9 Å². The third-order valence-corrected chi connectivity index (χ3v) is 4.52. The molecule has 0 radical (unpaired) electrons. The number of benzene rings is 2. The Bertz CT molecular complexity index is 1050. The van der Waals surface area contributed by atoms with Crippen LogP contribution in [0.3, 0.4) is 0 Å². The minimum atomic E-state index is -0.341. The molecule has 3 rings (SSSR count). The molecule has 1 aromatic heterocycles. The van der Waals surface area contributed by atoms with Gasteiger partial charge in [0.15, 0.2) is 11.5 Å². The molecule has 29 heavy (non-hydrogen) atoms. The summed E-state index contributed by atoms with van der Waals surface area (Å²) in [6.07, 6.45) is 0. The molecule has 0 spiro atoms. The van der Waals surface area contributed by atoms with Crippen LogP contribution in [-0.2, 0) is 11.3 Å². The number of para-hydroxylation sites is 1. The van der Waals surface area contributed by atoms with Crippen LogP contribution in [0.15, 0.2) is 65.5 Å².